The third-order valence-corrected chi connectivity index (χ3v) is 2.63. The minimum absolute atomic E-state index is 0. The summed E-state index contributed by atoms with van der Waals surface area (Å²) >= 11 is 0. The summed E-state index contributed by atoms with van der Waals surface area (Å²) in [6, 6.07) is 2.08. The van der Waals surface area contributed by atoms with Crippen LogP contribution < -0.4 is 4.90 Å². The number of aryl methyl sites for hydroxylation is 2. The molecule has 0 spiro atoms. The Kier molecular flexibility index (Phi) is 4.33. The van der Waals surface area contributed by atoms with Crippen molar-refractivity contribution in [3.05, 3.63) is 17.6 Å². The van der Waals surface area contributed by atoms with Gasteiger partial charge in [-0.1, -0.05) is 0 Å². The zero-order valence-electron chi connectivity index (χ0n) is 9.36. The molecule has 84 valence electrons. The lowest BCUT2D eigenvalue weighted by Gasteiger charge is -2.27. The second-order valence-electron chi connectivity index (χ2n) is 3.96. The number of aromatic nitrogens is 2. The number of halogens is 1. The SMILES string of the molecule is Cc1cc(N2CCCCC2)nc(C)n1.Cl. The van der Waals surface area contributed by atoms with Crippen LogP contribution in [0.3, 0.4) is 0 Å². The highest BCUT2D eigenvalue weighted by atomic mass is 35.5. The molecule has 2 heterocycles. The summed E-state index contributed by atoms with van der Waals surface area (Å²) in [6.45, 7) is 6.29. The first-order valence-corrected chi connectivity index (χ1v) is 5.33. The van der Waals surface area contributed by atoms with E-state index < -0.39 is 0 Å². The molecular weight excluding hydrogens is 210 g/mol. The van der Waals surface area contributed by atoms with E-state index in [0.717, 1.165) is 30.4 Å². The summed E-state index contributed by atoms with van der Waals surface area (Å²) in [5.41, 5.74) is 1.07. The van der Waals surface area contributed by atoms with Crippen LogP contribution in [0.5, 0.6) is 0 Å². The van der Waals surface area contributed by atoms with Crippen LogP contribution >= 0.6 is 12.4 Å². The van der Waals surface area contributed by atoms with Crippen molar-refractivity contribution in [2.24, 2.45) is 0 Å². The summed E-state index contributed by atoms with van der Waals surface area (Å²) < 4.78 is 0. The molecule has 0 aliphatic carbocycles. The predicted octanol–water partition coefficient (Wildman–Crippen LogP) is 2.51. The zero-order chi connectivity index (χ0) is 9.97. The largest absolute Gasteiger partial charge is 0.357 e. The molecule has 0 N–H and O–H groups in total. The molecule has 1 aromatic heterocycles. The van der Waals surface area contributed by atoms with Gasteiger partial charge in [0.25, 0.3) is 0 Å². The molecule has 15 heavy (non-hydrogen) atoms. The molecule has 0 atom stereocenters. The molecule has 4 heteroatoms. The maximum atomic E-state index is 4.47. The van der Waals surface area contributed by atoms with Gasteiger partial charge in [0.15, 0.2) is 0 Å². The van der Waals surface area contributed by atoms with Crippen LogP contribution in [0, 0.1) is 13.8 Å². The van der Waals surface area contributed by atoms with Gasteiger partial charge in [0.1, 0.15) is 11.6 Å². The maximum absolute atomic E-state index is 4.47. The average molecular weight is 228 g/mol. The van der Waals surface area contributed by atoms with Gasteiger partial charge < -0.3 is 4.90 Å². The molecule has 0 aromatic carbocycles. The van der Waals surface area contributed by atoms with Crippen LogP contribution in [0.15, 0.2) is 6.07 Å². The smallest absolute Gasteiger partial charge is 0.132 e. The van der Waals surface area contributed by atoms with E-state index in [1.807, 2.05) is 13.8 Å². The quantitative estimate of drug-likeness (QED) is 0.738. The number of piperidine rings is 1. The van der Waals surface area contributed by atoms with Crippen molar-refractivity contribution in [1.29, 1.82) is 0 Å². The Morgan fingerprint density at radius 2 is 1.73 bits per heavy atom. The highest BCUT2D eigenvalue weighted by Crippen LogP contribution is 2.17. The number of rotatable bonds is 1. The minimum Gasteiger partial charge on any atom is -0.357 e. The van der Waals surface area contributed by atoms with E-state index in [1.165, 1.54) is 19.3 Å². The van der Waals surface area contributed by atoms with Crippen molar-refractivity contribution >= 4 is 18.2 Å². The lowest BCUT2D eigenvalue weighted by molar-refractivity contribution is 0.572. The maximum Gasteiger partial charge on any atom is 0.132 e. The zero-order valence-corrected chi connectivity index (χ0v) is 10.2. The van der Waals surface area contributed by atoms with Gasteiger partial charge in [-0.25, -0.2) is 9.97 Å². The fraction of sp³-hybridized carbons (Fsp3) is 0.636. The van der Waals surface area contributed by atoms with Crippen LogP contribution in [0.25, 0.3) is 0 Å². The third kappa shape index (κ3) is 3.06. The van der Waals surface area contributed by atoms with Gasteiger partial charge in [-0.3, -0.25) is 0 Å². The molecule has 0 bridgehead atoms. The molecule has 1 fully saturated rings. The molecular formula is C11H18ClN3. The second kappa shape index (κ2) is 5.31. The van der Waals surface area contributed by atoms with Crippen molar-refractivity contribution in [3.63, 3.8) is 0 Å². The number of hydrogen-bond donors (Lipinski definition) is 0. The molecule has 3 nitrogen and oxygen atoms in total. The van der Waals surface area contributed by atoms with Crippen LogP contribution in [0.4, 0.5) is 5.82 Å². The molecule has 0 amide bonds. The lowest BCUT2D eigenvalue weighted by Crippen LogP contribution is -2.30. The molecule has 0 unspecified atom stereocenters. The highest BCUT2D eigenvalue weighted by molar-refractivity contribution is 5.85. The van der Waals surface area contributed by atoms with Gasteiger partial charge >= 0.3 is 0 Å². The Morgan fingerprint density at radius 1 is 1.07 bits per heavy atom. The lowest BCUT2D eigenvalue weighted by atomic mass is 10.1. The van der Waals surface area contributed by atoms with Gasteiger partial charge in [-0.2, -0.15) is 0 Å². The minimum atomic E-state index is 0. The van der Waals surface area contributed by atoms with Crippen molar-refractivity contribution in [2.75, 3.05) is 18.0 Å². The number of anilines is 1. The molecule has 2 rings (SSSR count). The molecule has 0 saturated carbocycles. The highest BCUT2D eigenvalue weighted by Gasteiger charge is 2.12. The Hall–Kier alpha value is -0.830. The van der Waals surface area contributed by atoms with Crippen LogP contribution in [0.1, 0.15) is 30.8 Å². The van der Waals surface area contributed by atoms with Crippen LogP contribution in [-0.4, -0.2) is 23.1 Å². The van der Waals surface area contributed by atoms with Gasteiger partial charge in [0, 0.05) is 24.8 Å². The summed E-state index contributed by atoms with van der Waals surface area (Å²) in [5.74, 6) is 1.99. The molecule has 1 aliphatic rings. The standard InChI is InChI=1S/C11H17N3.ClH/c1-9-8-11(13-10(2)12-9)14-6-4-3-5-7-14;/h8H,3-7H2,1-2H3;1H. The van der Waals surface area contributed by atoms with E-state index in [-0.39, 0.29) is 12.4 Å². The molecule has 1 aliphatic heterocycles. The van der Waals surface area contributed by atoms with E-state index in [0.29, 0.717) is 0 Å². The molecule has 0 radical (unpaired) electrons. The van der Waals surface area contributed by atoms with E-state index in [4.69, 9.17) is 0 Å². The van der Waals surface area contributed by atoms with E-state index in [9.17, 15) is 0 Å². The Balaban J connectivity index is 0.00000112. The van der Waals surface area contributed by atoms with E-state index in [1.54, 1.807) is 0 Å². The van der Waals surface area contributed by atoms with Gasteiger partial charge in [0.05, 0.1) is 0 Å². The first-order valence-electron chi connectivity index (χ1n) is 5.33. The van der Waals surface area contributed by atoms with Crippen molar-refractivity contribution < 1.29 is 0 Å². The van der Waals surface area contributed by atoms with Gasteiger partial charge in [0.2, 0.25) is 0 Å². The monoisotopic (exact) mass is 227 g/mol. The van der Waals surface area contributed by atoms with Crippen molar-refractivity contribution in [3.8, 4) is 0 Å². The summed E-state index contributed by atoms with van der Waals surface area (Å²) in [5, 5.41) is 0. The Labute approximate surface area is 97.3 Å². The summed E-state index contributed by atoms with van der Waals surface area (Å²) in [6.07, 6.45) is 3.95. The predicted molar refractivity (Wildman–Crippen MR) is 64.8 cm³/mol. The average Bonchev–Trinajstić information content (AvgIpc) is 2.18. The summed E-state index contributed by atoms with van der Waals surface area (Å²) in [4.78, 5) is 11.1. The molecule has 1 aromatic rings. The first-order chi connectivity index (χ1) is 6.75. The fourth-order valence-electron chi connectivity index (χ4n) is 1.98. The fourth-order valence-corrected chi connectivity index (χ4v) is 1.98. The number of nitrogens with zero attached hydrogens (tertiary/aromatic N) is 3. The van der Waals surface area contributed by atoms with Crippen molar-refractivity contribution in [1.82, 2.24) is 9.97 Å². The van der Waals surface area contributed by atoms with Crippen LogP contribution in [-0.2, 0) is 0 Å². The normalized spacial score (nSPS) is 16.0. The Bertz CT molecular complexity index is 301. The molecule has 1 saturated heterocycles. The topological polar surface area (TPSA) is 29.0 Å². The van der Waals surface area contributed by atoms with E-state index in [2.05, 4.69) is 20.9 Å². The van der Waals surface area contributed by atoms with Gasteiger partial charge in [-0.05, 0) is 33.1 Å². The summed E-state index contributed by atoms with van der Waals surface area (Å²) in [7, 11) is 0. The van der Waals surface area contributed by atoms with Crippen molar-refractivity contribution in [2.45, 2.75) is 33.1 Å². The second-order valence-corrected chi connectivity index (χ2v) is 3.96. The Morgan fingerprint density at radius 3 is 2.33 bits per heavy atom. The number of hydrogen-bond acceptors (Lipinski definition) is 3. The third-order valence-electron chi connectivity index (χ3n) is 2.63. The van der Waals surface area contributed by atoms with E-state index >= 15 is 0 Å². The van der Waals surface area contributed by atoms with Crippen LogP contribution in [0.2, 0.25) is 0 Å². The van der Waals surface area contributed by atoms with Gasteiger partial charge in [-0.15, -0.1) is 12.4 Å². The first kappa shape index (κ1) is 12.2.